The minimum atomic E-state index is -3.13. The van der Waals surface area contributed by atoms with Crippen molar-refractivity contribution < 1.29 is 8.42 Å². The van der Waals surface area contributed by atoms with Crippen LogP contribution in [-0.4, -0.2) is 26.6 Å². The van der Waals surface area contributed by atoms with E-state index in [0.717, 1.165) is 19.3 Å². The quantitative estimate of drug-likeness (QED) is 0.517. The highest BCUT2D eigenvalue weighted by molar-refractivity contribution is 7.89. The molecule has 0 saturated carbocycles. The van der Waals surface area contributed by atoms with Crippen molar-refractivity contribution in [3.05, 3.63) is 0 Å². The van der Waals surface area contributed by atoms with E-state index in [1.54, 1.807) is 0 Å². The molecule has 1 atom stereocenters. The molecule has 0 bridgehead atoms. The fourth-order valence-corrected chi connectivity index (χ4v) is 3.06. The lowest BCUT2D eigenvalue weighted by atomic mass is 10.1. The Balaban J connectivity index is 3.67. The molecule has 16 heavy (non-hydrogen) atoms. The van der Waals surface area contributed by atoms with E-state index in [2.05, 4.69) is 18.6 Å². The first kappa shape index (κ1) is 16.2. The summed E-state index contributed by atoms with van der Waals surface area (Å²) in [5, 5.41) is 0. The molecule has 0 aromatic carbocycles. The number of hydrogen-bond donors (Lipinski definition) is 1. The summed E-state index contributed by atoms with van der Waals surface area (Å²) >= 11 is 5.58. The van der Waals surface area contributed by atoms with Gasteiger partial charge < -0.3 is 0 Å². The minimum Gasteiger partial charge on any atom is -0.215 e. The van der Waals surface area contributed by atoms with Crippen molar-refractivity contribution in [1.82, 2.24) is 4.72 Å². The molecule has 0 aliphatic carbocycles. The smallest absolute Gasteiger partial charge is 0.211 e. The number of halogens is 1. The molecule has 0 fully saturated rings. The number of unbranched alkanes of at least 4 members (excludes halogenated alkanes) is 1. The lowest BCUT2D eigenvalue weighted by Crippen LogP contribution is -2.30. The van der Waals surface area contributed by atoms with Crippen molar-refractivity contribution in [1.29, 1.82) is 0 Å². The zero-order chi connectivity index (χ0) is 12.6. The van der Waals surface area contributed by atoms with E-state index < -0.39 is 10.0 Å². The minimum absolute atomic E-state index is 0.00910. The van der Waals surface area contributed by atoms with Crippen molar-refractivity contribution in [3.63, 3.8) is 0 Å². The van der Waals surface area contributed by atoms with Crippen molar-refractivity contribution >= 4 is 21.6 Å². The first-order chi connectivity index (χ1) is 7.37. The summed E-state index contributed by atoms with van der Waals surface area (Å²) in [6.07, 6.45) is 3.14. The molecule has 98 valence electrons. The van der Waals surface area contributed by atoms with Crippen LogP contribution in [0.1, 0.15) is 40.0 Å². The Bertz CT molecular complexity index is 265. The van der Waals surface area contributed by atoms with Gasteiger partial charge >= 0.3 is 0 Å². The van der Waals surface area contributed by atoms with Crippen LogP contribution in [0.25, 0.3) is 0 Å². The molecule has 0 spiro atoms. The van der Waals surface area contributed by atoms with Crippen LogP contribution in [0.4, 0.5) is 0 Å². The molecular weight excluding hydrogens is 246 g/mol. The molecule has 5 heteroatoms. The topological polar surface area (TPSA) is 46.2 Å². The Morgan fingerprint density at radius 1 is 1.19 bits per heavy atom. The van der Waals surface area contributed by atoms with Crippen LogP contribution in [-0.2, 0) is 10.0 Å². The van der Waals surface area contributed by atoms with E-state index in [0.29, 0.717) is 18.3 Å². The third-order valence-electron chi connectivity index (χ3n) is 2.30. The van der Waals surface area contributed by atoms with Gasteiger partial charge in [-0.05, 0) is 18.3 Å². The number of alkyl halides is 1. The second kappa shape index (κ2) is 8.31. The largest absolute Gasteiger partial charge is 0.215 e. The van der Waals surface area contributed by atoms with Gasteiger partial charge in [0, 0.05) is 12.4 Å². The van der Waals surface area contributed by atoms with E-state index in [-0.39, 0.29) is 11.7 Å². The molecule has 0 aliphatic rings. The fourth-order valence-electron chi connectivity index (χ4n) is 1.38. The first-order valence-corrected chi connectivity index (χ1v) is 8.09. The Morgan fingerprint density at radius 2 is 1.81 bits per heavy atom. The van der Waals surface area contributed by atoms with Gasteiger partial charge in [0.1, 0.15) is 0 Å². The molecule has 1 unspecified atom stereocenters. The molecule has 0 saturated heterocycles. The van der Waals surface area contributed by atoms with Gasteiger partial charge in [-0.15, -0.1) is 11.6 Å². The number of hydrogen-bond acceptors (Lipinski definition) is 2. The maximum atomic E-state index is 11.5. The van der Waals surface area contributed by atoms with E-state index in [9.17, 15) is 8.42 Å². The molecule has 0 radical (unpaired) electrons. The highest BCUT2D eigenvalue weighted by Crippen LogP contribution is 2.06. The lowest BCUT2D eigenvalue weighted by molar-refractivity contribution is 0.528. The number of nitrogens with one attached hydrogen (secondary N) is 1. The number of rotatable bonds is 9. The molecule has 3 nitrogen and oxygen atoms in total. The second-order valence-corrected chi connectivity index (χ2v) is 6.98. The standard InChI is InChI=1S/C11H24ClNO2S/c1-10(2)6-4-5-7-13-16(14,15)9-11(3)8-12/h10-11,13H,4-9H2,1-3H3. The van der Waals surface area contributed by atoms with Gasteiger partial charge in [0.2, 0.25) is 10.0 Å². The Morgan fingerprint density at radius 3 is 2.31 bits per heavy atom. The van der Waals surface area contributed by atoms with E-state index in [1.165, 1.54) is 0 Å². The van der Waals surface area contributed by atoms with Gasteiger partial charge in [-0.1, -0.05) is 33.6 Å². The zero-order valence-electron chi connectivity index (χ0n) is 10.5. The Kier molecular flexibility index (Phi) is 8.42. The van der Waals surface area contributed by atoms with Crippen molar-refractivity contribution in [3.8, 4) is 0 Å². The van der Waals surface area contributed by atoms with Gasteiger partial charge in [-0.25, -0.2) is 13.1 Å². The van der Waals surface area contributed by atoms with E-state index >= 15 is 0 Å². The van der Waals surface area contributed by atoms with Crippen molar-refractivity contribution in [2.24, 2.45) is 11.8 Å². The summed E-state index contributed by atoms with van der Waals surface area (Å²) in [5.74, 6) is 1.21. The van der Waals surface area contributed by atoms with E-state index in [4.69, 9.17) is 11.6 Å². The third kappa shape index (κ3) is 9.43. The van der Waals surface area contributed by atoms with Crippen LogP contribution in [0.2, 0.25) is 0 Å². The third-order valence-corrected chi connectivity index (χ3v) is 4.48. The highest BCUT2D eigenvalue weighted by atomic mass is 35.5. The van der Waals surface area contributed by atoms with Crippen LogP contribution in [0, 0.1) is 11.8 Å². The predicted molar refractivity (Wildman–Crippen MR) is 70.4 cm³/mol. The summed E-state index contributed by atoms with van der Waals surface area (Å²) in [6.45, 7) is 6.73. The monoisotopic (exact) mass is 269 g/mol. The van der Waals surface area contributed by atoms with Crippen molar-refractivity contribution in [2.45, 2.75) is 40.0 Å². The van der Waals surface area contributed by atoms with Gasteiger partial charge in [-0.3, -0.25) is 0 Å². The first-order valence-electron chi connectivity index (χ1n) is 5.90. The average Bonchev–Trinajstić information content (AvgIpc) is 2.15. The molecule has 0 amide bonds. The van der Waals surface area contributed by atoms with Gasteiger partial charge in [0.15, 0.2) is 0 Å². The molecule has 0 aromatic heterocycles. The summed E-state index contributed by atoms with van der Waals surface area (Å²) in [6, 6.07) is 0. The van der Waals surface area contributed by atoms with Crippen LogP contribution < -0.4 is 4.72 Å². The Hall–Kier alpha value is 0.200. The maximum Gasteiger partial charge on any atom is 0.211 e. The van der Waals surface area contributed by atoms with Gasteiger partial charge in [0.05, 0.1) is 5.75 Å². The van der Waals surface area contributed by atoms with E-state index in [1.807, 2.05) is 6.92 Å². The molecule has 0 rings (SSSR count). The van der Waals surface area contributed by atoms with Crippen molar-refractivity contribution in [2.75, 3.05) is 18.2 Å². The average molecular weight is 270 g/mol. The molecule has 0 heterocycles. The van der Waals surface area contributed by atoms with Crippen LogP contribution >= 0.6 is 11.6 Å². The molecule has 0 aromatic rings. The second-order valence-electron chi connectivity index (χ2n) is 4.82. The molecule has 1 N–H and O–H groups in total. The van der Waals surface area contributed by atoms with Crippen LogP contribution in [0.3, 0.4) is 0 Å². The van der Waals surface area contributed by atoms with Crippen LogP contribution in [0.15, 0.2) is 0 Å². The summed E-state index contributed by atoms with van der Waals surface area (Å²) in [5.41, 5.74) is 0. The normalized spacial score (nSPS) is 14.3. The summed E-state index contributed by atoms with van der Waals surface area (Å²) in [7, 11) is -3.13. The van der Waals surface area contributed by atoms with Gasteiger partial charge in [0.25, 0.3) is 0 Å². The lowest BCUT2D eigenvalue weighted by Gasteiger charge is -2.10. The SMILES string of the molecule is CC(C)CCCCNS(=O)(=O)CC(C)CCl. The predicted octanol–water partition coefficient (Wildman–Crippen LogP) is 2.61. The van der Waals surface area contributed by atoms with Gasteiger partial charge in [-0.2, -0.15) is 0 Å². The zero-order valence-corrected chi connectivity index (χ0v) is 12.1. The summed E-state index contributed by atoms with van der Waals surface area (Å²) in [4.78, 5) is 0. The summed E-state index contributed by atoms with van der Waals surface area (Å²) < 4.78 is 25.7. The highest BCUT2D eigenvalue weighted by Gasteiger charge is 2.13. The molecular formula is C11H24ClNO2S. The fraction of sp³-hybridized carbons (Fsp3) is 1.00. The maximum absolute atomic E-state index is 11.5. The Labute approximate surface area is 105 Å². The number of sulfonamides is 1. The van der Waals surface area contributed by atoms with Crippen LogP contribution in [0.5, 0.6) is 0 Å². The molecule has 0 aliphatic heterocycles.